The third-order valence-corrected chi connectivity index (χ3v) is 4.73. The highest BCUT2D eigenvalue weighted by atomic mass is 19.4. The molecule has 0 spiro atoms. The molecule has 7 nitrogen and oxygen atoms in total. The largest absolute Gasteiger partial charge is 0.468 e. The first kappa shape index (κ1) is 21.6. The van der Waals surface area contributed by atoms with Crippen molar-refractivity contribution < 1.29 is 27.4 Å². The quantitative estimate of drug-likeness (QED) is 0.567. The standard InChI is InChI=1S/C19H27F3N4O3/c1-2-23-18(26-8-10-28-16(12-26)15-6-4-9-27-15)25-11-14-5-3-7-24-17(14)29-13-19(20,21)22/h3,5,7,15-16H,2,4,6,8-13H2,1H3,(H,23,25). The lowest BCUT2D eigenvalue weighted by molar-refractivity contribution is -0.154. The fourth-order valence-electron chi connectivity index (χ4n) is 3.40. The predicted octanol–water partition coefficient (Wildman–Crippen LogP) is 2.37. The molecule has 2 saturated heterocycles. The monoisotopic (exact) mass is 416 g/mol. The molecule has 0 saturated carbocycles. The van der Waals surface area contributed by atoms with Gasteiger partial charge in [-0.25, -0.2) is 9.98 Å². The van der Waals surface area contributed by atoms with E-state index < -0.39 is 12.8 Å². The van der Waals surface area contributed by atoms with Crippen molar-refractivity contribution in [3.63, 3.8) is 0 Å². The van der Waals surface area contributed by atoms with Crippen LogP contribution in [0.15, 0.2) is 23.3 Å². The molecule has 0 aromatic carbocycles. The van der Waals surface area contributed by atoms with Crippen molar-refractivity contribution in [3.8, 4) is 5.88 Å². The molecular formula is C19H27F3N4O3. The van der Waals surface area contributed by atoms with Crippen LogP contribution in [0.25, 0.3) is 0 Å². The van der Waals surface area contributed by atoms with Crippen molar-refractivity contribution in [1.29, 1.82) is 0 Å². The van der Waals surface area contributed by atoms with Crippen molar-refractivity contribution in [1.82, 2.24) is 15.2 Å². The molecular weight excluding hydrogens is 389 g/mol. The second kappa shape index (κ2) is 10.1. The number of alkyl halides is 3. The first-order chi connectivity index (χ1) is 14.0. The number of aromatic nitrogens is 1. The van der Waals surface area contributed by atoms with Gasteiger partial charge < -0.3 is 24.4 Å². The summed E-state index contributed by atoms with van der Waals surface area (Å²) < 4.78 is 53.9. The minimum Gasteiger partial charge on any atom is -0.468 e. The molecule has 1 aromatic rings. The molecule has 3 rings (SSSR count). The Morgan fingerprint density at radius 2 is 2.17 bits per heavy atom. The van der Waals surface area contributed by atoms with Crippen LogP contribution in [0.4, 0.5) is 13.2 Å². The third kappa shape index (κ3) is 6.46. The van der Waals surface area contributed by atoms with Crippen LogP contribution in [0, 0.1) is 0 Å². The molecule has 3 heterocycles. The summed E-state index contributed by atoms with van der Waals surface area (Å²) in [7, 11) is 0. The number of pyridine rings is 1. The van der Waals surface area contributed by atoms with Gasteiger partial charge in [0.1, 0.15) is 6.10 Å². The smallest absolute Gasteiger partial charge is 0.422 e. The molecule has 0 radical (unpaired) electrons. The van der Waals surface area contributed by atoms with Gasteiger partial charge in [0.05, 0.1) is 19.3 Å². The number of ether oxygens (including phenoxy) is 3. The van der Waals surface area contributed by atoms with Gasteiger partial charge in [-0.15, -0.1) is 0 Å². The molecule has 2 fully saturated rings. The SMILES string of the molecule is CCNC(=NCc1cccnc1OCC(F)(F)F)N1CCOC(C2CCCO2)C1. The molecule has 2 unspecified atom stereocenters. The molecule has 162 valence electrons. The van der Waals surface area contributed by atoms with E-state index in [1.807, 2.05) is 6.92 Å². The second-order valence-corrected chi connectivity index (χ2v) is 6.95. The molecule has 29 heavy (non-hydrogen) atoms. The molecule has 1 N–H and O–H groups in total. The van der Waals surface area contributed by atoms with Gasteiger partial charge in [-0.1, -0.05) is 6.07 Å². The maximum atomic E-state index is 12.5. The number of hydrogen-bond donors (Lipinski definition) is 1. The predicted molar refractivity (Wildman–Crippen MR) is 101 cm³/mol. The zero-order valence-electron chi connectivity index (χ0n) is 16.5. The van der Waals surface area contributed by atoms with E-state index in [4.69, 9.17) is 14.2 Å². The van der Waals surface area contributed by atoms with E-state index in [0.717, 1.165) is 19.4 Å². The number of rotatable bonds is 6. The van der Waals surface area contributed by atoms with Gasteiger partial charge in [0.25, 0.3) is 0 Å². The lowest BCUT2D eigenvalue weighted by Gasteiger charge is -2.37. The zero-order chi connectivity index (χ0) is 20.7. The first-order valence-corrected chi connectivity index (χ1v) is 9.86. The average molecular weight is 416 g/mol. The van der Waals surface area contributed by atoms with Crippen molar-refractivity contribution in [3.05, 3.63) is 23.9 Å². The van der Waals surface area contributed by atoms with Crippen molar-refractivity contribution in [2.45, 2.75) is 44.7 Å². The summed E-state index contributed by atoms with van der Waals surface area (Å²) in [5.41, 5.74) is 0.496. The molecule has 10 heteroatoms. The Hall–Kier alpha value is -2.07. The van der Waals surface area contributed by atoms with E-state index in [0.29, 0.717) is 37.8 Å². The van der Waals surface area contributed by atoms with Crippen LogP contribution >= 0.6 is 0 Å². The molecule has 0 amide bonds. The lowest BCUT2D eigenvalue weighted by Crippen LogP contribution is -2.53. The molecule has 2 atom stereocenters. The van der Waals surface area contributed by atoms with Gasteiger partial charge in [-0.2, -0.15) is 13.2 Å². The van der Waals surface area contributed by atoms with E-state index in [9.17, 15) is 13.2 Å². The Balaban J connectivity index is 1.67. The van der Waals surface area contributed by atoms with Gasteiger partial charge in [-0.3, -0.25) is 0 Å². The number of guanidine groups is 1. The zero-order valence-corrected chi connectivity index (χ0v) is 16.5. The highest BCUT2D eigenvalue weighted by molar-refractivity contribution is 5.80. The summed E-state index contributed by atoms with van der Waals surface area (Å²) in [5.74, 6) is 0.632. The highest BCUT2D eigenvalue weighted by Crippen LogP contribution is 2.22. The number of halogens is 3. The van der Waals surface area contributed by atoms with Crippen molar-refractivity contribution in [2.75, 3.05) is 39.5 Å². The Kier molecular flexibility index (Phi) is 7.54. The number of hydrogen-bond acceptors (Lipinski definition) is 5. The number of aliphatic imine (C=N–C) groups is 1. The van der Waals surface area contributed by atoms with Crippen LogP contribution in [-0.4, -0.2) is 73.7 Å². The minimum atomic E-state index is -4.42. The molecule has 2 aliphatic heterocycles. The third-order valence-electron chi connectivity index (χ3n) is 4.73. The maximum Gasteiger partial charge on any atom is 0.422 e. The van der Waals surface area contributed by atoms with Crippen LogP contribution in [0.5, 0.6) is 5.88 Å². The first-order valence-electron chi connectivity index (χ1n) is 9.86. The van der Waals surface area contributed by atoms with Crippen LogP contribution < -0.4 is 10.1 Å². The Labute approximate surface area is 168 Å². The Morgan fingerprint density at radius 1 is 1.34 bits per heavy atom. The Morgan fingerprint density at radius 3 is 2.90 bits per heavy atom. The van der Waals surface area contributed by atoms with Crippen LogP contribution in [-0.2, 0) is 16.0 Å². The van der Waals surface area contributed by atoms with Gasteiger partial charge >= 0.3 is 6.18 Å². The average Bonchev–Trinajstić information content (AvgIpc) is 3.25. The number of nitrogens with one attached hydrogen (secondary N) is 1. The lowest BCUT2D eigenvalue weighted by atomic mass is 10.1. The van der Waals surface area contributed by atoms with Gasteiger partial charge in [0.2, 0.25) is 5.88 Å². The molecule has 1 aromatic heterocycles. The van der Waals surface area contributed by atoms with Crippen LogP contribution in [0.1, 0.15) is 25.3 Å². The fourth-order valence-corrected chi connectivity index (χ4v) is 3.40. The number of nitrogens with zero attached hydrogens (tertiary/aromatic N) is 3. The van der Waals surface area contributed by atoms with Crippen molar-refractivity contribution in [2.24, 2.45) is 4.99 Å². The number of morpholine rings is 1. The van der Waals surface area contributed by atoms with E-state index in [1.165, 1.54) is 6.20 Å². The summed E-state index contributed by atoms with van der Waals surface area (Å²) in [6.45, 7) is 4.09. The normalized spacial score (nSPS) is 23.3. The molecule has 0 bridgehead atoms. The van der Waals surface area contributed by atoms with E-state index >= 15 is 0 Å². The highest BCUT2D eigenvalue weighted by Gasteiger charge is 2.32. The topological polar surface area (TPSA) is 68.2 Å². The van der Waals surface area contributed by atoms with Gasteiger partial charge in [-0.05, 0) is 25.8 Å². The maximum absolute atomic E-state index is 12.5. The summed E-state index contributed by atoms with van der Waals surface area (Å²) in [6.07, 6.45) is -0.904. The van der Waals surface area contributed by atoms with Crippen LogP contribution in [0.3, 0.4) is 0 Å². The van der Waals surface area contributed by atoms with E-state index in [2.05, 4.69) is 20.2 Å². The Bertz CT molecular complexity index is 681. The minimum absolute atomic E-state index is 0.0147. The summed E-state index contributed by atoms with van der Waals surface area (Å²) in [6, 6.07) is 3.32. The van der Waals surface area contributed by atoms with Gasteiger partial charge in [0, 0.05) is 38.0 Å². The summed E-state index contributed by atoms with van der Waals surface area (Å²) >= 11 is 0. The molecule has 2 aliphatic rings. The van der Waals surface area contributed by atoms with Crippen molar-refractivity contribution >= 4 is 5.96 Å². The van der Waals surface area contributed by atoms with Gasteiger partial charge in [0.15, 0.2) is 12.6 Å². The second-order valence-electron chi connectivity index (χ2n) is 6.95. The molecule has 0 aliphatic carbocycles. The summed E-state index contributed by atoms with van der Waals surface area (Å²) in [5, 5.41) is 3.25. The van der Waals surface area contributed by atoms with Crippen LogP contribution in [0.2, 0.25) is 0 Å². The fraction of sp³-hybridized carbons (Fsp3) is 0.684. The summed E-state index contributed by atoms with van der Waals surface area (Å²) in [4.78, 5) is 10.6. The van der Waals surface area contributed by atoms with E-state index in [1.54, 1.807) is 12.1 Å². The van der Waals surface area contributed by atoms with E-state index in [-0.39, 0.29) is 24.6 Å².